The van der Waals surface area contributed by atoms with Gasteiger partial charge in [0.25, 0.3) is 11.8 Å². The maximum atomic E-state index is 12.4. The minimum absolute atomic E-state index is 0.0668. The number of rotatable bonds is 7. The lowest BCUT2D eigenvalue weighted by molar-refractivity contribution is -0.151. The van der Waals surface area contributed by atoms with Crippen molar-refractivity contribution in [2.75, 3.05) is 25.0 Å². The second-order valence-corrected chi connectivity index (χ2v) is 6.20. The van der Waals surface area contributed by atoms with E-state index < -0.39 is 5.91 Å². The number of benzene rings is 1. The van der Waals surface area contributed by atoms with E-state index in [1.165, 1.54) is 0 Å². The van der Waals surface area contributed by atoms with Crippen molar-refractivity contribution in [3.05, 3.63) is 29.8 Å². The molecule has 6 heteroatoms. The first kappa shape index (κ1) is 19.0. The van der Waals surface area contributed by atoms with Crippen LogP contribution in [0.25, 0.3) is 0 Å². The Kier molecular flexibility index (Phi) is 6.98. The van der Waals surface area contributed by atoms with E-state index in [1.54, 1.807) is 29.2 Å². The maximum absolute atomic E-state index is 12.4. The third kappa shape index (κ3) is 5.31. The average Bonchev–Trinajstić information content (AvgIpc) is 3.15. The molecule has 1 fully saturated rings. The standard InChI is InChI=1S/C19H26N2O4/c1-3-21(4-2)18(23)15-10-7-11-16(12-15)20-17(22)13-25-19(24)14-8-5-6-9-14/h7,10-12,14H,3-6,8-9,13H2,1-2H3,(H,20,22). The van der Waals surface area contributed by atoms with Crippen LogP contribution in [0.15, 0.2) is 24.3 Å². The molecule has 0 bridgehead atoms. The molecular formula is C19H26N2O4. The monoisotopic (exact) mass is 346 g/mol. The number of esters is 1. The van der Waals surface area contributed by atoms with Gasteiger partial charge in [-0.1, -0.05) is 18.9 Å². The molecule has 0 spiro atoms. The molecular weight excluding hydrogens is 320 g/mol. The van der Waals surface area contributed by atoms with Crippen molar-refractivity contribution in [1.29, 1.82) is 0 Å². The van der Waals surface area contributed by atoms with Crippen LogP contribution in [-0.4, -0.2) is 42.4 Å². The number of nitrogens with one attached hydrogen (secondary N) is 1. The summed E-state index contributed by atoms with van der Waals surface area (Å²) in [6.07, 6.45) is 3.77. The van der Waals surface area contributed by atoms with Crippen molar-refractivity contribution < 1.29 is 19.1 Å². The third-order valence-corrected chi connectivity index (χ3v) is 4.48. The molecule has 0 heterocycles. The number of nitrogens with zero attached hydrogens (tertiary/aromatic N) is 1. The van der Waals surface area contributed by atoms with Crippen LogP contribution < -0.4 is 5.32 Å². The Balaban J connectivity index is 1.89. The van der Waals surface area contributed by atoms with Crippen LogP contribution in [0.4, 0.5) is 5.69 Å². The van der Waals surface area contributed by atoms with Gasteiger partial charge in [0, 0.05) is 24.3 Å². The number of carbonyl (C=O) groups excluding carboxylic acids is 3. The summed E-state index contributed by atoms with van der Waals surface area (Å²) in [7, 11) is 0. The van der Waals surface area contributed by atoms with E-state index in [0.29, 0.717) is 24.3 Å². The second kappa shape index (κ2) is 9.20. The lowest BCUT2D eigenvalue weighted by Crippen LogP contribution is -2.30. The predicted octanol–water partition coefficient (Wildman–Crippen LogP) is 2.84. The molecule has 2 rings (SSSR count). The molecule has 0 atom stereocenters. The first-order valence-corrected chi connectivity index (χ1v) is 8.91. The molecule has 1 aliphatic carbocycles. The van der Waals surface area contributed by atoms with E-state index in [0.717, 1.165) is 25.7 Å². The van der Waals surface area contributed by atoms with Crippen LogP contribution in [0.1, 0.15) is 49.9 Å². The summed E-state index contributed by atoms with van der Waals surface area (Å²) in [5, 5.41) is 2.67. The van der Waals surface area contributed by atoms with Crippen molar-refractivity contribution in [2.24, 2.45) is 5.92 Å². The number of amides is 2. The highest BCUT2D eigenvalue weighted by atomic mass is 16.5. The Morgan fingerprint density at radius 3 is 2.48 bits per heavy atom. The Labute approximate surface area is 148 Å². The molecule has 1 aliphatic rings. The summed E-state index contributed by atoms with van der Waals surface area (Å²) in [5.41, 5.74) is 1.03. The summed E-state index contributed by atoms with van der Waals surface area (Å²) < 4.78 is 5.08. The van der Waals surface area contributed by atoms with Crippen LogP contribution in [-0.2, 0) is 14.3 Å². The second-order valence-electron chi connectivity index (χ2n) is 6.20. The van der Waals surface area contributed by atoms with Crippen LogP contribution in [0.3, 0.4) is 0 Å². The number of hydrogen-bond acceptors (Lipinski definition) is 4. The molecule has 25 heavy (non-hydrogen) atoms. The molecule has 6 nitrogen and oxygen atoms in total. The molecule has 1 aromatic carbocycles. The van der Waals surface area contributed by atoms with Gasteiger partial charge in [0.1, 0.15) is 0 Å². The molecule has 0 unspecified atom stereocenters. The fourth-order valence-corrected chi connectivity index (χ4v) is 3.04. The topological polar surface area (TPSA) is 75.7 Å². The maximum Gasteiger partial charge on any atom is 0.309 e. The van der Waals surface area contributed by atoms with E-state index in [9.17, 15) is 14.4 Å². The zero-order chi connectivity index (χ0) is 18.2. The first-order valence-electron chi connectivity index (χ1n) is 8.91. The van der Waals surface area contributed by atoms with E-state index in [4.69, 9.17) is 4.74 Å². The Hall–Kier alpha value is -2.37. The average molecular weight is 346 g/mol. The van der Waals surface area contributed by atoms with E-state index in [2.05, 4.69) is 5.32 Å². The molecule has 136 valence electrons. The molecule has 0 radical (unpaired) electrons. The van der Waals surface area contributed by atoms with Gasteiger partial charge in [-0.05, 0) is 44.9 Å². The zero-order valence-electron chi connectivity index (χ0n) is 14.9. The third-order valence-electron chi connectivity index (χ3n) is 4.48. The molecule has 1 N–H and O–H groups in total. The molecule has 0 saturated heterocycles. The van der Waals surface area contributed by atoms with Gasteiger partial charge in [-0.2, -0.15) is 0 Å². The van der Waals surface area contributed by atoms with Crippen molar-refractivity contribution in [2.45, 2.75) is 39.5 Å². The fraction of sp³-hybridized carbons (Fsp3) is 0.526. The van der Waals surface area contributed by atoms with Gasteiger partial charge in [0.05, 0.1) is 5.92 Å². The molecule has 1 aromatic rings. The van der Waals surface area contributed by atoms with Crippen molar-refractivity contribution >= 4 is 23.5 Å². The van der Waals surface area contributed by atoms with Crippen LogP contribution in [0, 0.1) is 5.92 Å². The number of anilines is 1. The van der Waals surface area contributed by atoms with Gasteiger partial charge < -0.3 is 15.0 Å². The van der Waals surface area contributed by atoms with Gasteiger partial charge >= 0.3 is 5.97 Å². The predicted molar refractivity (Wildman–Crippen MR) is 95.2 cm³/mol. The highest BCUT2D eigenvalue weighted by Gasteiger charge is 2.24. The SMILES string of the molecule is CCN(CC)C(=O)c1cccc(NC(=O)COC(=O)C2CCCC2)c1. The molecule has 0 aromatic heterocycles. The van der Waals surface area contributed by atoms with E-state index in [-0.39, 0.29) is 24.4 Å². The smallest absolute Gasteiger partial charge is 0.309 e. The summed E-state index contributed by atoms with van der Waals surface area (Å²) in [6, 6.07) is 6.78. The van der Waals surface area contributed by atoms with Crippen LogP contribution in [0.5, 0.6) is 0 Å². The summed E-state index contributed by atoms with van der Waals surface area (Å²) >= 11 is 0. The van der Waals surface area contributed by atoms with Crippen LogP contribution in [0.2, 0.25) is 0 Å². The normalized spacial score (nSPS) is 14.2. The zero-order valence-corrected chi connectivity index (χ0v) is 14.9. The van der Waals surface area contributed by atoms with Gasteiger partial charge in [-0.15, -0.1) is 0 Å². The quantitative estimate of drug-likeness (QED) is 0.770. The van der Waals surface area contributed by atoms with Crippen molar-refractivity contribution in [3.63, 3.8) is 0 Å². The molecule has 1 saturated carbocycles. The minimum Gasteiger partial charge on any atom is -0.455 e. The fourth-order valence-electron chi connectivity index (χ4n) is 3.04. The van der Waals surface area contributed by atoms with Crippen molar-refractivity contribution in [3.8, 4) is 0 Å². The highest BCUT2D eigenvalue weighted by Crippen LogP contribution is 2.25. The van der Waals surface area contributed by atoms with Crippen molar-refractivity contribution in [1.82, 2.24) is 4.90 Å². The molecule has 0 aliphatic heterocycles. The Bertz CT molecular complexity index is 620. The largest absolute Gasteiger partial charge is 0.455 e. The summed E-state index contributed by atoms with van der Waals surface area (Å²) in [4.78, 5) is 37.9. The Morgan fingerprint density at radius 1 is 1.16 bits per heavy atom. The lowest BCUT2D eigenvalue weighted by atomic mass is 10.1. The first-order chi connectivity index (χ1) is 12.0. The minimum atomic E-state index is -0.404. The van der Waals surface area contributed by atoms with E-state index in [1.807, 2.05) is 13.8 Å². The van der Waals surface area contributed by atoms with Gasteiger partial charge in [0.2, 0.25) is 0 Å². The van der Waals surface area contributed by atoms with E-state index >= 15 is 0 Å². The molecule has 2 amide bonds. The number of carbonyl (C=O) groups is 3. The van der Waals surface area contributed by atoms with Gasteiger partial charge in [-0.25, -0.2) is 0 Å². The van der Waals surface area contributed by atoms with Crippen LogP contribution >= 0.6 is 0 Å². The van der Waals surface area contributed by atoms with Gasteiger partial charge in [-0.3, -0.25) is 14.4 Å². The summed E-state index contributed by atoms with van der Waals surface area (Å²) in [5.74, 6) is -0.839. The lowest BCUT2D eigenvalue weighted by Gasteiger charge is -2.19. The summed E-state index contributed by atoms with van der Waals surface area (Å²) in [6.45, 7) is 4.80. The van der Waals surface area contributed by atoms with Gasteiger partial charge in [0.15, 0.2) is 6.61 Å². The Morgan fingerprint density at radius 2 is 1.84 bits per heavy atom. The number of ether oxygens (including phenoxy) is 1. The number of hydrogen-bond donors (Lipinski definition) is 1. The highest BCUT2D eigenvalue weighted by molar-refractivity contribution is 5.97.